The molecule has 22 heteroatoms. The number of unbranched alkanes of at least 4 members (excludes halogenated alkanes) is 4. The van der Waals surface area contributed by atoms with Gasteiger partial charge < -0.3 is 70.2 Å². The molecule has 7 amide bonds. The first-order valence-corrected chi connectivity index (χ1v) is 29.1. The van der Waals surface area contributed by atoms with E-state index in [1.54, 1.807) is 6.20 Å². The molecule has 1 aliphatic heterocycles. The maximum absolute atomic E-state index is 14.7. The molecule has 0 unspecified atom stereocenters. The van der Waals surface area contributed by atoms with Gasteiger partial charge in [-0.25, -0.2) is 0 Å². The Balaban J connectivity index is 1.77. The molecule has 2 aromatic carbocycles. The largest absolute Gasteiger partial charge is 0.393 e. The Hall–Kier alpha value is -6.59. The number of nitrogens with one attached hydrogen (secondary N) is 8. The van der Waals surface area contributed by atoms with Crippen LogP contribution in [0.15, 0.2) is 60.8 Å². The van der Waals surface area contributed by atoms with E-state index < -0.39 is 114 Å². The fourth-order valence-corrected chi connectivity index (χ4v) is 10.1. The molecule has 4 rings (SSSR count). The molecular formula is C59H92N12O10. The number of Topliss-reactive ketones (excluding diaryl/α,β-unsaturated/α-hetero) is 2. The second-order valence-corrected chi connectivity index (χ2v) is 21.8. The summed E-state index contributed by atoms with van der Waals surface area (Å²) in [5.74, 6) is -8.39. The van der Waals surface area contributed by atoms with Crippen LogP contribution in [0.3, 0.4) is 0 Å². The van der Waals surface area contributed by atoms with Gasteiger partial charge in [0.2, 0.25) is 41.4 Å². The summed E-state index contributed by atoms with van der Waals surface area (Å²) in [6, 6.07) is 9.23. The van der Waals surface area contributed by atoms with Crippen molar-refractivity contribution in [3.8, 4) is 0 Å². The van der Waals surface area contributed by atoms with E-state index in [2.05, 4.69) is 49.1 Å². The zero-order chi connectivity index (χ0) is 59.3. The highest BCUT2D eigenvalue weighted by atomic mass is 16.3. The lowest BCUT2D eigenvalue weighted by atomic mass is 9.92. The van der Waals surface area contributed by atoms with Crippen molar-refractivity contribution in [2.45, 2.75) is 179 Å². The number of aromatic amines is 1. The van der Waals surface area contributed by atoms with E-state index in [0.29, 0.717) is 18.4 Å². The molecule has 0 bridgehead atoms. The summed E-state index contributed by atoms with van der Waals surface area (Å²) in [5, 5.41) is 31.0. The van der Waals surface area contributed by atoms with Crippen molar-refractivity contribution in [3.05, 3.63) is 71.9 Å². The minimum atomic E-state index is -1.35. The van der Waals surface area contributed by atoms with E-state index in [0.717, 1.165) is 48.6 Å². The van der Waals surface area contributed by atoms with Gasteiger partial charge in [0.05, 0.1) is 24.6 Å². The third-order valence-corrected chi connectivity index (χ3v) is 14.7. The number of nitrogens with two attached hydrogens (primary N) is 4. The standard InChI is InChI=1S/C59H92N12O10/c1-4-5-6-7-11-16-42(72)35-53(75)66-45(22-27-61)51(73)34-40-25-30-64-56(78)50(32-41-36-65-44-18-13-12-17-43(41)44)70-54(76)39(21-26-60)33-52(74)46(23-28-62)67-59(81)49(31-37(2)3)71-57(79)47(20-19-38-14-9-8-10-15-38)69-58(80)48(24-29-63)68-55(40)77/h8-10,12-15,17-18,36-37,39-40,42,45-50,65,72H,4-7,11,16,19-35,60-63H2,1-3H3,(H,64,78)(H,66,75)(H,67,81)(H,68,77)(H,69,80)(H,70,76)(H,71,79)/t39-,40-,42-,45-,46+,47-,48+,49+,50+/m1/s1. The molecule has 1 fully saturated rings. The van der Waals surface area contributed by atoms with Crippen LogP contribution < -0.4 is 60.2 Å². The van der Waals surface area contributed by atoms with Crippen LogP contribution in [-0.4, -0.2) is 138 Å². The average molecular weight is 1130 g/mol. The van der Waals surface area contributed by atoms with E-state index in [9.17, 15) is 48.3 Å². The van der Waals surface area contributed by atoms with Crippen molar-refractivity contribution >= 4 is 63.8 Å². The van der Waals surface area contributed by atoms with Crippen LogP contribution in [0.2, 0.25) is 0 Å². The summed E-state index contributed by atoms with van der Waals surface area (Å²) in [7, 11) is 0. The summed E-state index contributed by atoms with van der Waals surface area (Å²) in [5.41, 5.74) is 26.3. The lowest BCUT2D eigenvalue weighted by molar-refractivity contribution is -0.136. The van der Waals surface area contributed by atoms with Gasteiger partial charge in [-0.3, -0.25) is 43.2 Å². The molecule has 448 valence electrons. The summed E-state index contributed by atoms with van der Waals surface area (Å²) >= 11 is 0. The number of para-hydroxylation sites is 1. The lowest BCUT2D eigenvalue weighted by Gasteiger charge is -2.28. The van der Waals surface area contributed by atoms with Crippen LogP contribution in [0, 0.1) is 17.8 Å². The van der Waals surface area contributed by atoms with Crippen LogP contribution >= 0.6 is 0 Å². The lowest BCUT2D eigenvalue weighted by Crippen LogP contribution is -2.58. The number of aliphatic hydroxyl groups excluding tert-OH is 1. The quantitative estimate of drug-likeness (QED) is 0.0481. The zero-order valence-electron chi connectivity index (χ0n) is 47.7. The van der Waals surface area contributed by atoms with Crippen molar-refractivity contribution in [1.29, 1.82) is 0 Å². The number of aromatic nitrogens is 1. The number of aliphatic hydroxyl groups is 1. The number of fused-ring (bicyclic) bond motifs is 1. The zero-order valence-corrected chi connectivity index (χ0v) is 47.7. The van der Waals surface area contributed by atoms with Crippen LogP contribution in [0.4, 0.5) is 0 Å². The van der Waals surface area contributed by atoms with Gasteiger partial charge in [0, 0.05) is 54.7 Å². The molecule has 3 aromatic rings. The van der Waals surface area contributed by atoms with Crippen LogP contribution in [0.1, 0.15) is 135 Å². The number of H-pyrrole nitrogens is 1. The highest BCUT2D eigenvalue weighted by Crippen LogP contribution is 2.22. The van der Waals surface area contributed by atoms with Gasteiger partial charge in [-0.15, -0.1) is 0 Å². The average Bonchev–Trinajstić information content (AvgIpc) is 3.92. The van der Waals surface area contributed by atoms with E-state index in [1.807, 2.05) is 68.4 Å². The first-order valence-electron chi connectivity index (χ1n) is 29.1. The van der Waals surface area contributed by atoms with E-state index >= 15 is 0 Å². The van der Waals surface area contributed by atoms with Gasteiger partial charge in [-0.2, -0.15) is 0 Å². The molecule has 17 N–H and O–H groups in total. The van der Waals surface area contributed by atoms with Gasteiger partial charge in [0.25, 0.3) is 0 Å². The molecule has 1 aromatic heterocycles. The number of benzene rings is 2. The Morgan fingerprint density at radius 3 is 1.91 bits per heavy atom. The minimum absolute atomic E-state index is 0.00215. The van der Waals surface area contributed by atoms with Gasteiger partial charge in [0.1, 0.15) is 24.2 Å². The fraction of sp³-hybridized carbons (Fsp3) is 0.610. The maximum atomic E-state index is 14.7. The first kappa shape index (κ1) is 66.9. The highest BCUT2D eigenvalue weighted by Gasteiger charge is 2.36. The Labute approximate surface area is 476 Å². The molecule has 1 saturated heterocycles. The number of rotatable bonds is 27. The summed E-state index contributed by atoms with van der Waals surface area (Å²) in [6.45, 7) is 5.45. The predicted octanol–water partition coefficient (Wildman–Crippen LogP) is 1.48. The molecule has 9 atom stereocenters. The highest BCUT2D eigenvalue weighted by molar-refractivity contribution is 5.98. The number of carbonyl (C=O) groups is 9. The summed E-state index contributed by atoms with van der Waals surface area (Å²) in [6.07, 6.45) is 5.10. The number of carbonyl (C=O) groups excluding carboxylic acids is 9. The smallest absolute Gasteiger partial charge is 0.243 e. The normalized spacial score (nSPS) is 22.2. The molecule has 0 spiro atoms. The topological polar surface area (TPSA) is 378 Å². The van der Waals surface area contributed by atoms with Gasteiger partial charge >= 0.3 is 0 Å². The number of hydrogen-bond acceptors (Lipinski definition) is 14. The first-order chi connectivity index (χ1) is 38.9. The number of aryl methyl sites for hydroxylation is 1. The third kappa shape index (κ3) is 23.1. The molecule has 81 heavy (non-hydrogen) atoms. The second kappa shape index (κ2) is 36.0. The summed E-state index contributed by atoms with van der Waals surface area (Å²) in [4.78, 5) is 132. The molecule has 1 aliphatic rings. The van der Waals surface area contributed by atoms with Crippen molar-refractivity contribution in [2.75, 3.05) is 32.7 Å². The Kier molecular flexibility index (Phi) is 29.7. The molecule has 22 nitrogen and oxygen atoms in total. The Morgan fingerprint density at radius 2 is 1.23 bits per heavy atom. The van der Waals surface area contributed by atoms with Crippen molar-refractivity contribution in [2.24, 2.45) is 40.7 Å². The van der Waals surface area contributed by atoms with Gasteiger partial charge in [-0.1, -0.05) is 101 Å². The SMILES string of the molecule is CCCCCCC[C@@H](O)CC(=O)N[C@H](CCN)C(=O)C[C@H]1CCNC(=O)[C@H](Cc2c[nH]c3ccccc23)NC(=O)[C@H](CCN)CC(=O)[C@H](CCN)NC(=O)[C@H](CC(C)C)NC(=O)[C@@H](CCc2ccccc2)NC(=O)[C@H](CCN)NC1=O. The second-order valence-electron chi connectivity index (χ2n) is 21.8. The molecule has 0 saturated carbocycles. The number of ketones is 2. The predicted molar refractivity (Wildman–Crippen MR) is 310 cm³/mol. The van der Waals surface area contributed by atoms with Crippen molar-refractivity contribution < 1.29 is 48.3 Å². The van der Waals surface area contributed by atoms with Gasteiger partial charge in [-0.05, 0) is 107 Å². The van der Waals surface area contributed by atoms with Crippen LogP contribution in [0.25, 0.3) is 10.9 Å². The summed E-state index contributed by atoms with van der Waals surface area (Å²) < 4.78 is 0. The van der Waals surface area contributed by atoms with E-state index in [1.165, 1.54) is 0 Å². The van der Waals surface area contributed by atoms with Crippen molar-refractivity contribution in [1.82, 2.24) is 42.2 Å². The van der Waals surface area contributed by atoms with E-state index in [4.69, 9.17) is 22.9 Å². The molecular weight excluding hydrogens is 1040 g/mol. The van der Waals surface area contributed by atoms with Crippen molar-refractivity contribution in [3.63, 3.8) is 0 Å². The van der Waals surface area contributed by atoms with Crippen LogP contribution in [-0.2, 0) is 56.0 Å². The molecule has 0 radical (unpaired) electrons. The number of amides is 7. The molecule has 0 aliphatic carbocycles. The van der Waals surface area contributed by atoms with E-state index in [-0.39, 0.29) is 103 Å². The fourth-order valence-electron chi connectivity index (χ4n) is 10.1. The minimum Gasteiger partial charge on any atom is -0.393 e. The number of hydrogen-bond donors (Lipinski definition) is 13. The monoisotopic (exact) mass is 1130 g/mol. The Morgan fingerprint density at radius 1 is 0.642 bits per heavy atom. The maximum Gasteiger partial charge on any atom is 0.243 e. The molecule has 2 heterocycles. The Bertz CT molecular complexity index is 2490. The van der Waals surface area contributed by atoms with Crippen LogP contribution in [0.5, 0.6) is 0 Å². The van der Waals surface area contributed by atoms with Gasteiger partial charge in [0.15, 0.2) is 11.6 Å². The third-order valence-electron chi connectivity index (χ3n) is 14.7.